The van der Waals surface area contributed by atoms with E-state index in [-0.39, 0.29) is 5.78 Å². The van der Waals surface area contributed by atoms with Gasteiger partial charge in [-0.15, -0.1) is 0 Å². The molecule has 1 aliphatic rings. The van der Waals surface area contributed by atoms with Crippen molar-refractivity contribution in [3.63, 3.8) is 0 Å². The van der Waals surface area contributed by atoms with Crippen LogP contribution in [0.1, 0.15) is 59.8 Å². The second-order valence-corrected chi connectivity index (χ2v) is 6.72. The second-order valence-electron chi connectivity index (χ2n) is 6.72. The summed E-state index contributed by atoms with van der Waals surface area (Å²) in [7, 11) is 0. The summed E-state index contributed by atoms with van der Waals surface area (Å²) in [6, 6.07) is 0. The molecule has 1 amide bonds. The van der Waals surface area contributed by atoms with E-state index in [9.17, 15) is 9.59 Å². The number of ketones is 1. The van der Waals surface area contributed by atoms with Gasteiger partial charge in [-0.05, 0) is 50.9 Å². The van der Waals surface area contributed by atoms with Crippen molar-refractivity contribution >= 4 is 11.7 Å². The van der Waals surface area contributed by atoms with Crippen molar-refractivity contribution < 1.29 is 9.59 Å². The Labute approximate surface area is 104 Å². The molecule has 1 aliphatic carbocycles. The summed E-state index contributed by atoms with van der Waals surface area (Å²) in [6.45, 7) is 7.81. The molecule has 0 spiro atoms. The highest BCUT2D eigenvalue weighted by atomic mass is 16.2. The molecule has 98 valence electrons. The summed E-state index contributed by atoms with van der Waals surface area (Å²) in [5.41, 5.74) is 4.67. The fourth-order valence-electron chi connectivity index (χ4n) is 2.32. The predicted molar refractivity (Wildman–Crippen MR) is 68.3 cm³/mol. The van der Waals surface area contributed by atoms with Crippen LogP contribution in [-0.2, 0) is 9.59 Å². The summed E-state index contributed by atoms with van der Waals surface area (Å²) >= 11 is 0. The highest BCUT2D eigenvalue weighted by molar-refractivity contribution is 6.04. The zero-order valence-corrected chi connectivity index (χ0v) is 11.5. The lowest BCUT2D eigenvalue weighted by Crippen LogP contribution is -2.40. The van der Waals surface area contributed by atoms with E-state index in [2.05, 4.69) is 13.8 Å². The zero-order chi connectivity index (χ0) is 13.3. The van der Waals surface area contributed by atoms with Crippen LogP contribution in [0, 0.1) is 16.7 Å². The van der Waals surface area contributed by atoms with Gasteiger partial charge in [-0.1, -0.05) is 13.8 Å². The number of primary amides is 1. The van der Waals surface area contributed by atoms with Crippen LogP contribution in [0.25, 0.3) is 0 Å². The highest BCUT2D eigenvalue weighted by Crippen LogP contribution is 2.40. The molecule has 0 aliphatic heterocycles. The van der Waals surface area contributed by atoms with Gasteiger partial charge in [0.1, 0.15) is 11.2 Å². The molecule has 1 saturated carbocycles. The Morgan fingerprint density at radius 2 is 1.71 bits per heavy atom. The lowest BCUT2D eigenvalue weighted by molar-refractivity contribution is -0.138. The number of carbonyl (C=O) groups is 2. The van der Waals surface area contributed by atoms with Gasteiger partial charge >= 0.3 is 0 Å². The van der Waals surface area contributed by atoms with Crippen LogP contribution in [0.2, 0.25) is 0 Å². The van der Waals surface area contributed by atoms with E-state index in [0.717, 1.165) is 12.8 Å². The average Bonchev–Trinajstić information content (AvgIpc) is 2.20. The number of hydrogen-bond acceptors (Lipinski definition) is 2. The van der Waals surface area contributed by atoms with Gasteiger partial charge in [0.15, 0.2) is 0 Å². The Balaban J connectivity index is 2.51. The van der Waals surface area contributed by atoms with Gasteiger partial charge in [0, 0.05) is 6.42 Å². The molecular weight excluding hydrogens is 214 g/mol. The van der Waals surface area contributed by atoms with E-state index in [0.29, 0.717) is 17.8 Å². The molecule has 0 radical (unpaired) electrons. The molecule has 0 saturated heterocycles. The quantitative estimate of drug-likeness (QED) is 0.767. The minimum Gasteiger partial charge on any atom is -0.369 e. The molecule has 0 heterocycles. The number of rotatable bonds is 4. The fraction of sp³-hybridized carbons (Fsp3) is 0.857. The van der Waals surface area contributed by atoms with Crippen LogP contribution in [0.4, 0.5) is 0 Å². The molecule has 0 unspecified atom stereocenters. The molecule has 0 aromatic carbocycles. The van der Waals surface area contributed by atoms with Crippen molar-refractivity contribution in [1.82, 2.24) is 0 Å². The van der Waals surface area contributed by atoms with Gasteiger partial charge in [-0.2, -0.15) is 0 Å². The Hall–Kier alpha value is -0.860. The van der Waals surface area contributed by atoms with Crippen LogP contribution in [-0.4, -0.2) is 11.7 Å². The zero-order valence-electron chi connectivity index (χ0n) is 11.5. The first kappa shape index (κ1) is 14.2. The molecule has 0 aromatic rings. The number of nitrogens with two attached hydrogens (primary N) is 1. The summed E-state index contributed by atoms with van der Waals surface area (Å²) in [4.78, 5) is 23.2. The van der Waals surface area contributed by atoms with Gasteiger partial charge in [-0.25, -0.2) is 0 Å². The molecule has 1 rings (SSSR count). The summed E-state index contributed by atoms with van der Waals surface area (Å²) < 4.78 is 0. The maximum atomic E-state index is 12.0. The minimum atomic E-state index is -1.01. The first-order valence-electron chi connectivity index (χ1n) is 6.48. The smallest absolute Gasteiger partial charge is 0.230 e. The van der Waals surface area contributed by atoms with Crippen molar-refractivity contribution in [1.29, 1.82) is 0 Å². The Kier molecular flexibility index (Phi) is 4.00. The van der Waals surface area contributed by atoms with E-state index in [1.807, 2.05) is 0 Å². The van der Waals surface area contributed by atoms with E-state index in [1.165, 1.54) is 12.8 Å². The largest absolute Gasteiger partial charge is 0.369 e. The molecule has 17 heavy (non-hydrogen) atoms. The molecule has 3 heteroatoms. The maximum absolute atomic E-state index is 12.0. The molecule has 2 N–H and O–H groups in total. The van der Waals surface area contributed by atoms with Gasteiger partial charge < -0.3 is 5.73 Å². The van der Waals surface area contributed by atoms with Crippen LogP contribution in [0.15, 0.2) is 0 Å². The van der Waals surface area contributed by atoms with Gasteiger partial charge in [-0.3, -0.25) is 9.59 Å². The Bertz CT molecular complexity index is 308. The Morgan fingerprint density at radius 3 is 2.12 bits per heavy atom. The van der Waals surface area contributed by atoms with E-state index in [1.54, 1.807) is 13.8 Å². The third-order valence-electron chi connectivity index (χ3n) is 4.25. The van der Waals surface area contributed by atoms with Crippen molar-refractivity contribution in [3.05, 3.63) is 0 Å². The third-order valence-corrected chi connectivity index (χ3v) is 4.25. The van der Waals surface area contributed by atoms with Gasteiger partial charge in [0.25, 0.3) is 0 Å². The van der Waals surface area contributed by atoms with Gasteiger partial charge in [0.2, 0.25) is 5.91 Å². The normalized spacial score (nSPS) is 21.2. The number of hydrogen-bond donors (Lipinski definition) is 1. The summed E-state index contributed by atoms with van der Waals surface area (Å²) in [6.07, 6.45) is 5.02. The highest BCUT2D eigenvalue weighted by Gasteiger charge is 2.36. The molecule has 0 aromatic heterocycles. The molecule has 1 fully saturated rings. The first-order chi connectivity index (χ1) is 7.65. The standard InChI is InChI=1S/C14H25NO2/c1-13(2)7-5-10(6-8-13)9-11(16)14(3,4)12(15)17/h10H,5-9H2,1-4H3,(H2,15,17). The van der Waals surface area contributed by atoms with E-state index >= 15 is 0 Å². The SMILES string of the molecule is CC1(C)CCC(CC(=O)C(C)(C)C(N)=O)CC1. The van der Waals surface area contributed by atoms with Crippen LogP contribution in [0.3, 0.4) is 0 Å². The summed E-state index contributed by atoms with van der Waals surface area (Å²) in [5.74, 6) is -0.0810. The van der Waals surface area contributed by atoms with Crippen LogP contribution < -0.4 is 5.73 Å². The van der Waals surface area contributed by atoms with Gasteiger partial charge in [0.05, 0.1) is 0 Å². The number of Topliss-reactive ketones (excluding diaryl/α,β-unsaturated/α-hetero) is 1. The molecule has 0 bridgehead atoms. The minimum absolute atomic E-state index is 0.00490. The van der Waals surface area contributed by atoms with E-state index < -0.39 is 11.3 Å². The lowest BCUT2D eigenvalue weighted by Gasteiger charge is -2.34. The average molecular weight is 239 g/mol. The molecule has 0 atom stereocenters. The van der Waals surface area contributed by atoms with Crippen LogP contribution >= 0.6 is 0 Å². The first-order valence-corrected chi connectivity index (χ1v) is 6.48. The molecule has 3 nitrogen and oxygen atoms in total. The number of carbonyl (C=O) groups excluding carboxylic acids is 2. The lowest BCUT2D eigenvalue weighted by atomic mass is 9.70. The van der Waals surface area contributed by atoms with Crippen molar-refractivity contribution in [2.45, 2.75) is 59.8 Å². The van der Waals surface area contributed by atoms with Crippen molar-refractivity contribution in [3.8, 4) is 0 Å². The molecular formula is C14H25NO2. The third kappa shape index (κ3) is 3.55. The predicted octanol–water partition coefficient (Wildman–Crippen LogP) is 2.67. The monoisotopic (exact) mass is 239 g/mol. The summed E-state index contributed by atoms with van der Waals surface area (Å²) in [5, 5.41) is 0. The number of amides is 1. The van der Waals surface area contributed by atoms with Crippen molar-refractivity contribution in [2.24, 2.45) is 22.5 Å². The maximum Gasteiger partial charge on any atom is 0.230 e. The second kappa shape index (κ2) is 4.79. The Morgan fingerprint density at radius 1 is 1.24 bits per heavy atom. The fourth-order valence-corrected chi connectivity index (χ4v) is 2.32. The van der Waals surface area contributed by atoms with Crippen LogP contribution in [0.5, 0.6) is 0 Å². The van der Waals surface area contributed by atoms with Crippen molar-refractivity contribution in [2.75, 3.05) is 0 Å². The van der Waals surface area contributed by atoms with E-state index in [4.69, 9.17) is 5.73 Å². The topological polar surface area (TPSA) is 60.2 Å².